The topological polar surface area (TPSA) is 98.1 Å². The second-order valence-corrected chi connectivity index (χ2v) is 5.93. The van der Waals surface area contributed by atoms with Gasteiger partial charge in [-0.15, -0.1) is 0 Å². The van der Waals surface area contributed by atoms with Crippen LogP contribution in [0.3, 0.4) is 0 Å². The van der Waals surface area contributed by atoms with Crippen LogP contribution in [0.2, 0.25) is 0 Å². The van der Waals surface area contributed by atoms with E-state index in [1.165, 1.54) is 0 Å². The van der Waals surface area contributed by atoms with Crippen molar-refractivity contribution in [2.75, 3.05) is 0 Å². The van der Waals surface area contributed by atoms with Gasteiger partial charge in [0.25, 0.3) is 5.56 Å². The number of hydrogen-bond donors (Lipinski definition) is 1. The normalized spacial score (nSPS) is 10.9. The van der Waals surface area contributed by atoms with E-state index < -0.39 is 5.97 Å². The van der Waals surface area contributed by atoms with E-state index in [2.05, 4.69) is 15.1 Å². The molecular formula is C20H15N3O4. The number of carbonyl (C=O) groups excluding carboxylic acids is 1. The number of fused-ring (bicyclic) bond motifs is 1. The van der Waals surface area contributed by atoms with E-state index in [-0.39, 0.29) is 23.6 Å². The largest absolute Gasteiger partial charge is 0.454 e. The number of nitrogens with one attached hydrogen (secondary N) is 1. The van der Waals surface area contributed by atoms with Crippen LogP contribution in [0.1, 0.15) is 21.9 Å². The molecule has 4 rings (SSSR count). The van der Waals surface area contributed by atoms with Crippen LogP contribution in [0.15, 0.2) is 63.9 Å². The van der Waals surface area contributed by atoms with Crippen LogP contribution in [0, 0.1) is 6.92 Å². The molecule has 2 heterocycles. The molecule has 0 aliphatic heterocycles. The van der Waals surface area contributed by atoms with Gasteiger partial charge in [-0.2, -0.15) is 0 Å². The maximum absolute atomic E-state index is 12.6. The zero-order valence-electron chi connectivity index (χ0n) is 14.4. The number of para-hydroxylation sites is 1. The summed E-state index contributed by atoms with van der Waals surface area (Å²) in [6.45, 7) is 1.48. The van der Waals surface area contributed by atoms with Gasteiger partial charge in [0.05, 0.1) is 10.9 Å². The maximum Gasteiger partial charge on any atom is 0.344 e. The van der Waals surface area contributed by atoms with Crippen molar-refractivity contribution < 1.29 is 14.1 Å². The summed E-state index contributed by atoms with van der Waals surface area (Å²) in [5, 5.41) is 4.45. The third-order valence-electron chi connectivity index (χ3n) is 4.12. The Bertz CT molecular complexity index is 1180. The average Bonchev–Trinajstić information content (AvgIpc) is 3.08. The van der Waals surface area contributed by atoms with E-state index in [0.29, 0.717) is 22.4 Å². The highest BCUT2D eigenvalue weighted by Crippen LogP contribution is 2.25. The van der Waals surface area contributed by atoms with Crippen molar-refractivity contribution in [1.82, 2.24) is 15.1 Å². The first-order valence-electron chi connectivity index (χ1n) is 8.30. The van der Waals surface area contributed by atoms with E-state index in [0.717, 1.165) is 5.56 Å². The molecule has 0 bridgehead atoms. The van der Waals surface area contributed by atoms with Gasteiger partial charge in [-0.1, -0.05) is 47.6 Å². The van der Waals surface area contributed by atoms with Crippen molar-refractivity contribution in [3.63, 3.8) is 0 Å². The number of hydrogen-bond acceptors (Lipinski definition) is 6. The SMILES string of the molecule is Cc1onc(-c2ccccc2)c1C(=O)OCc1nc2ccccc2c(=O)[nH]1. The van der Waals surface area contributed by atoms with E-state index >= 15 is 0 Å². The molecule has 2 aromatic heterocycles. The lowest BCUT2D eigenvalue weighted by Gasteiger charge is -2.06. The van der Waals surface area contributed by atoms with Gasteiger partial charge in [-0.3, -0.25) is 4.79 Å². The van der Waals surface area contributed by atoms with E-state index in [9.17, 15) is 9.59 Å². The Balaban J connectivity index is 1.59. The molecule has 0 saturated heterocycles. The molecule has 7 nitrogen and oxygen atoms in total. The number of ether oxygens (including phenoxy) is 1. The van der Waals surface area contributed by atoms with Crippen LogP contribution in [0.4, 0.5) is 0 Å². The van der Waals surface area contributed by atoms with Crippen molar-refractivity contribution >= 4 is 16.9 Å². The number of aryl methyl sites for hydroxylation is 1. The van der Waals surface area contributed by atoms with Gasteiger partial charge < -0.3 is 14.2 Å². The van der Waals surface area contributed by atoms with E-state index in [1.54, 1.807) is 31.2 Å². The molecular weight excluding hydrogens is 346 g/mol. The smallest absolute Gasteiger partial charge is 0.344 e. The van der Waals surface area contributed by atoms with E-state index in [1.807, 2.05) is 30.3 Å². The second kappa shape index (κ2) is 6.87. The van der Waals surface area contributed by atoms with Crippen molar-refractivity contribution in [3.05, 3.63) is 82.1 Å². The van der Waals surface area contributed by atoms with Gasteiger partial charge in [0.1, 0.15) is 29.4 Å². The number of esters is 1. The summed E-state index contributed by atoms with van der Waals surface area (Å²) in [6.07, 6.45) is 0. The van der Waals surface area contributed by atoms with Crippen molar-refractivity contribution in [2.24, 2.45) is 0 Å². The van der Waals surface area contributed by atoms with Crippen LogP contribution in [-0.4, -0.2) is 21.1 Å². The Morgan fingerprint density at radius 3 is 2.67 bits per heavy atom. The molecule has 1 N–H and O–H groups in total. The molecule has 4 aromatic rings. The second-order valence-electron chi connectivity index (χ2n) is 5.93. The Morgan fingerprint density at radius 1 is 1.11 bits per heavy atom. The highest BCUT2D eigenvalue weighted by Gasteiger charge is 2.23. The minimum Gasteiger partial charge on any atom is -0.454 e. The summed E-state index contributed by atoms with van der Waals surface area (Å²) in [5.74, 6) is 0.0321. The molecule has 2 aromatic carbocycles. The molecule has 7 heteroatoms. The Morgan fingerprint density at radius 2 is 1.85 bits per heavy atom. The Kier molecular flexibility index (Phi) is 4.25. The van der Waals surface area contributed by atoms with Crippen LogP contribution < -0.4 is 5.56 Å². The van der Waals surface area contributed by atoms with Crippen LogP contribution >= 0.6 is 0 Å². The third kappa shape index (κ3) is 3.22. The number of H-pyrrole nitrogens is 1. The average molecular weight is 361 g/mol. The van der Waals surface area contributed by atoms with Crippen molar-refractivity contribution in [2.45, 2.75) is 13.5 Å². The number of aromatic nitrogens is 3. The minimum absolute atomic E-state index is 0.169. The molecule has 0 spiro atoms. The van der Waals surface area contributed by atoms with Crippen LogP contribution in [0.25, 0.3) is 22.2 Å². The summed E-state index contributed by atoms with van der Waals surface area (Å²) >= 11 is 0. The zero-order chi connectivity index (χ0) is 18.8. The quantitative estimate of drug-likeness (QED) is 0.560. The summed E-state index contributed by atoms with van der Waals surface area (Å²) in [4.78, 5) is 31.7. The highest BCUT2D eigenvalue weighted by atomic mass is 16.5. The summed E-state index contributed by atoms with van der Waals surface area (Å²) in [5.41, 5.74) is 1.68. The first kappa shape index (κ1) is 16.7. The molecule has 0 aliphatic carbocycles. The molecule has 0 atom stereocenters. The molecule has 0 amide bonds. The summed E-state index contributed by atoms with van der Waals surface area (Å²) < 4.78 is 10.5. The van der Waals surface area contributed by atoms with E-state index in [4.69, 9.17) is 9.26 Å². The van der Waals surface area contributed by atoms with Gasteiger partial charge in [0, 0.05) is 5.56 Å². The first-order valence-corrected chi connectivity index (χ1v) is 8.30. The molecule has 0 aliphatic rings. The van der Waals surface area contributed by atoms with Gasteiger partial charge in [0.15, 0.2) is 0 Å². The van der Waals surface area contributed by atoms with Gasteiger partial charge in [-0.25, -0.2) is 9.78 Å². The highest BCUT2D eigenvalue weighted by molar-refractivity contribution is 5.97. The van der Waals surface area contributed by atoms with Gasteiger partial charge in [-0.05, 0) is 19.1 Å². The molecule has 0 saturated carbocycles. The number of benzene rings is 2. The van der Waals surface area contributed by atoms with Crippen LogP contribution in [-0.2, 0) is 11.3 Å². The van der Waals surface area contributed by atoms with Gasteiger partial charge >= 0.3 is 5.97 Å². The molecule has 27 heavy (non-hydrogen) atoms. The number of aromatic amines is 1. The third-order valence-corrected chi connectivity index (χ3v) is 4.12. The Hall–Kier alpha value is -3.74. The predicted octanol–water partition coefficient (Wildman–Crippen LogP) is 3.24. The summed E-state index contributed by atoms with van der Waals surface area (Å²) in [6, 6.07) is 16.2. The fraction of sp³-hybridized carbons (Fsp3) is 0.100. The number of carbonyl (C=O) groups is 1. The molecule has 134 valence electrons. The summed E-state index contributed by atoms with van der Waals surface area (Å²) in [7, 11) is 0. The van der Waals surface area contributed by atoms with Crippen molar-refractivity contribution in [1.29, 1.82) is 0 Å². The lowest BCUT2D eigenvalue weighted by atomic mass is 10.1. The Labute approximate surface area is 153 Å². The maximum atomic E-state index is 12.6. The molecule has 0 fully saturated rings. The standard InChI is InChI=1S/C20H15N3O4/c1-12-17(18(23-27-12)13-7-3-2-4-8-13)20(25)26-11-16-21-15-10-6-5-9-14(15)19(24)22-16/h2-10H,11H2,1H3,(H,21,22,24). The lowest BCUT2D eigenvalue weighted by Crippen LogP contribution is -2.15. The molecule has 0 unspecified atom stereocenters. The van der Waals surface area contributed by atoms with Gasteiger partial charge in [0.2, 0.25) is 0 Å². The minimum atomic E-state index is -0.594. The molecule has 0 radical (unpaired) electrons. The zero-order valence-corrected chi connectivity index (χ0v) is 14.4. The monoisotopic (exact) mass is 361 g/mol. The van der Waals surface area contributed by atoms with Crippen LogP contribution in [0.5, 0.6) is 0 Å². The fourth-order valence-corrected chi connectivity index (χ4v) is 2.81. The lowest BCUT2D eigenvalue weighted by molar-refractivity contribution is 0.0461. The predicted molar refractivity (Wildman–Crippen MR) is 98.2 cm³/mol. The van der Waals surface area contributed by atoms with Crippen molar-refractivity contribution in [3.8, 4) is 11.3 Å². The fourth-order valence-electron chi connectivity index (χ4n) is 2.81. The number of nitrogens with zero attached hydrogens (tertiary/aromatic N) is 2. The number of rotatable bonds is 4. The first-order chi connectivity index (χ1) is 13.1.